The van der Waals surface area contributed by atoms with Gasteiger partial charge in [0.15, 0.2) is 0 Å². The Kier molecular flexibility index (Phi) is 5.47. The molecular formula is C11H17N3O4. The zero-order chi connectivity index (χ0) is 13.5. The molecule has 1 N–H and O–H groups in total. The predicted octanol–water partition coefficient (Wildman–Crippen LogP) is 0.743. The molecule has 1 rings (SSSR count). The molecule has 0 spiro atoms. The number of aryl methyl sites for hydroxylation is 1. The van der Waals surface area contributed by atoms with E-state index in [1.165, 1.54) is 6.07 Å². The highest BCUT2D eigenvalue weighted by Gasteiger charge is 2.20. The molecule has 0 fully saturated rings. The van der Waals surface area contributed by atoms with E-state index < -0.39 is 4.92 Å². The van der Waals surface area contributed by atoms with Crippen LogP contribution in [0.1, 0.15) is 5.56 Å². The molecule has 0 amide bonds. The van der Waals surface area contributed by atoms with Gasteiger partial charge in [0.05, 0.1) is 18.1 Å². The fourth-order valence-corrected chi connectivity index (χ4v) is 1.57. The van der Waals surface area contributed by atoms with Gasteiger partial charge in [-0.05, 0) is 12.5 Å². The van der Waals surface area contributed by atoms with Crippen LogP contribution in [0.3, 0.4) is 0 Å². The summed E-state index contributed by atoms with van der Waals surface area (Å²) in [6, 6.07) is 1.47. The smallest absolute Gasteiger partial charge is 0.311 e. The Hall–Kier alpha value is -1.73. The van der Waals surface area contributed by atoms with Crippen molar-refractivity contribution in [3.8, 4) is 0 Å². The maximum atomic E-state index is 11.0. The first kappa shape index (κ1) is 14.3. The van der Waals surface area contributed by atoms with Crippen molar-refractivity contribution in [3.63, 3.8) is 0 Å². The van der Waals surface area contributed by atoms with Crippen molar-refractivity contribution in [2.45, 2.75) is 6.92 Å². The van der Waals surface area contributed by atoms with Gasteiger partial charge < -0.3 is 14.7 Å². The lowest BCUT2D eigenvalue weighted by molar-refractivity contribution is -0.384. The van der Waals surface area contributed by atoms with E-state index in [-0.39, 0.29) is 24.7 Å². The second-order valence-corrected chi connectivity index (χ2v) is 3.82. The summed E-state index contributed by atoms with van der Waals surface area (Å²) in [5, 5.41) is 20.0. The Labute approximate surface area is 105 Å². The Balaban J connectivity index is 3.05. The summed E-state index contributed by atoms with van der Waals surface area (Å²) in [6.07, 6.45) is 1.57. The third-order valence-corrected chi connectivity index (χ3v) is 2.42. The van der Waals surface area contributed by atoms with Crippen LogP contribution in [0.4, 0.5) is 11.5 Å². The highest BCUT2D eigenvalue weighted by Crippen LogP contribution is 2.25. The van der Waals surface area contributed by atoms with E-state index in [9.17, 15) is 10.1 Å². The molecule has 0 atom stereocenters. The van der Waals surface area contributed by atoms with E-state index in [1.54, 1.807) is 25.1 Å². The van der Waals surface area contributed by atoms with Crippen molar-refractivity contribution in [2.75, 3.05) is 38.3 Å². The number of hydrogen-bond acceptors (Lipinski definition) is 6. The third-order valence-electron chi connectivity index (χ3n) is 2.42. The minimum atomic E-state index is -0.466. The van der Waals surface area contributed by atoms with E-state index in [2.05, 4.69) is 4.98 Å². The van der Waals surface area contributed by atoms with E-state index in [4.69, 9.17) is 9.84 Å². The summed E-state index contributed by atoms with van der Waals surface area (Å²) >= 11 is 0. The lowest BCUT2D eigenvalue weighted by Crippen LogP contribution is -2.31. The molecule has 0 aliphatic carbocycles. The Morgan fingerprint density at radius 2 is 2.28 bits per heavy atom. The number of hydrogen-bond donors (Lipinski definition) is 1. The quantitative estimate of drug-likeness (QED) is 0.571. The first-order chi connectivity index (χ1) is 8.60. The SMILES string of the molecule is COCCN(CCO)c1ncc(C)cc1[N+](=O)[O-]. The van der Waals surface area contributed by atoms with Gasteiger partial charge in [0.1, 0.15) is 0 Å². The molecule has 0 unspecified atom stereocenters. The summed E-state index contributed by atoms with van der Waals surface area (Å²) in [6.45, 7) is 2.77. The summed E-state index contributed by atoms with van der Waals surface area (Å²) in [4.78, 5) is 16.3. The third kappa shape index (κ3) is 3.64. The van der Waals surface area contributed by atoms with Crippen LogP contribution in [0.25, 0.3) is 0 Å². The minimum Gasteiger partial charge on any atom is -0.395 e. The zero-order valence-electron chi connectivity index (χ0n) is 10.5. The number of aliphatic hydroxyl groups excluding tert-OH is 1. The van der Waals surface area contributed by atoms with Crippen molar-refractivity contribution < 1.29 is 14.8 Å². The molecule has 0 aliphatic rings. The molecule has 7 nitrogen and oxygen atoms in total. The lowest BCUT2D eigenvalue weighted by Gasteiger charge is -2.22. The summed E-state index contributed by atoms with van der Waals surface area (Å²) in [7, 11) is 1.55. The second kappa shape index (κ2) is 6.87. The number of aromatic nitrogens is 1. The van der Waals surface area contributed by atoms with Crippen molar-refractivity contribution in [3.05, 3.63) is 27.9 Å². The van der Waals surface area contributed by atoms with Crippen molar-refractivity contribution in [1.29, 1.82) is 0 Å². The fourth-order valence-electron chi connectivity index (χ4n) is 1.57. The van der Waals surface area contributed by atoms with E-state index >= 15 is 0 Å². The monoisotopic (exact) mass is 255 g/mol. The van der Waals surface area contributed by atoms with Crippen LogP contribution in [-0.2, 0) is 4.74 Å². The lowest BCUT2D eigenvalue weighted by atomic mass is 10.2. The first-order valence-corrected chi connectivity index (χ1v) is 5.56. The Morgan fingerprint density at radius 3 is 2.83 bits per heavy atom. The van der Waals surface area contributed by atoms with Crippen LogP contribution in [0.15, 0.2) is 12.3 Å². The van der Waals surface area contributed by atoms with E-state index in [0.29, 0.717) is 13.2 Å². The number of rotatable bonds is 7. The summed E-state index contributed by atoms with van der Waals surface area (Å²) in [5.41, 5.74) is 0.667. The van der Waals surface area contributed by atoms with Crippen molar-refractivity contribution in [1.82, 2.24) is 4.98 Å². The molecule has 0 saturated carbocycles. The Morgan fingerprint density at radius 1 is 1.56 bits per heavy atom. The van der Waals surface area contributed by atoms with Crippen LogP contribution in [-0.4, -0.2) is 48.4 Å². The van der Waals surface area contributed by atoms with Crippen LogP contribution >= 0.6 is 0 Å². The predicted molar refractivity (Wildman–Crippen MR) is 66.8 cm³/mol. The fraction of sp³-hybridized carbons (Fsp3) is 0.545. The molecule has 1 aromatic rings. The number of nitrogens with zero attached hydrogens (tertiary/aromatic N) is 3. The largest absolute Gasteiger partial charge is 0.395 e. The second-order valence-electron chi connectivity index (χ2n) is 3.82. The van der Waals surface area contributed by atoms with E-state index in [0.717, 1.165) is 5.56 Å². The highest BCUT2D eigenvalue weighted by atomic mass is 16.6. The van der Waals surface area contributed by atoms with Crippen LogP contribution in [0, 0.1) is 17.0 Å². The Bertz CT molecular complexity index is 411. The average Bonchev–Trinajstić information content (AvgIpc) is 2.34. The van der Waals surface area contributed by atoms with Crippen LogP contribution in [0.2, 0.25) is 0 Å². The van der Waals surface area contributed by atoms with Gasteiger partial charge in [0.2, 0.25) is 5.82 Å². The van der Waals surface area contributed by atoms with Crippen molar-refractivity contribution >= 4 is 11.5 Å². The number of pyridine rings is 1. The highest BCUT2D eigenvalue weighted by molar-refractivity contribution is 5.58. The maximum Gasteiger partial charge on any atom is 0.311 e. The number of anilines is 1. The van der Waals surface area contributed by atoms with Gasteiger partial charge in [0, 0.05) is 32.5 Å². The molecule has 7 heteroatoms. The molecule has 0 saturated heterocycles. The van der Waals surface area contributed by atoms with Crippen molar-refractivity contribution in [2.24, 2.45) is 0 Å². The number of ether oxygens (including phenoxy) is 1. The first-order valence-electron chi connectivity index (χ1n) is 5.56. The number of methoxy groups -OCH3 is 1. The van der Waals surface area contributed by atoms with Gasteiger partial charge in [-0.1, -0.05) is 0 Å². The zero-order valence-corrected chi connectivity index (χ0v) is 10.5. The molecule has 0 aliphatic heterocycles. The molecular weight excluding hydrogens is 238 g/mol. The molecule has 1 aromatic heterocycles. The van der Waals surface area contributed by atoms with Crippen LogP contribution < -0.4 is 4.90 Å². The van der Waals surface area contributed by atoms with Gasteiger partial charge >= 0.3 is 5.69 Å². The normalized spacial score (nSPS) is 10.4. The molecule has 18 heavy (non-hydrogen) atoms. The maximum absolute atomic E-state index is 11.0. The molecule has 0 aromatic carbocycles. The number of aliphatic hydroxyl groups is 1. The molecule has 0 bridgehead atoms. The minimum absolute atomic E-state index is 0.0560. The molecule has 1 heterocycles. The van der Waals surface area contributed by atoms with Gasteiger partial charge in [-0.2, -0.15) is 0 Å². The average molecular weight is 255 g/mol. The van der Waals surface area contributed by atoms with Gasteiger partial charge in [-0.3, -0.25) is 10.1 Å². The summed E-state index contributed by atoms with van der Waals surface area (Å²) < 4.78 is 4.94. The van der Waals surface area contributed by atoms with Gasteiger partial charge in [0.25, 0.3) is 0 Å². The topological polar surface area (TPSA) is 88.7 Å². The number of nitro groups is 1. The van der Waals surface area contributed by atoms with E-state index in [1.807, 2.05) is 0 Å². The standard InChI is InChI=1S/C11H17N3O4/c1-9-7-10(14(16)17)11(12-8-9)13(3-5-15)4-6-18-2/h7-8,15H,3-6H2,1-2H3. The van der Waals surface area contributed by atoms with Crippen LogP contribution in [0.5, 0.6) is 0 Å². The molecule has 100 valence electrons. The van der Waals surface area contributed by atoms with Gasteiger partial charge in [-0.15, -0.1) is 0 Å². The summed E-state index contributed by atoms with van der Waals surface area (Å²) in [5.74, 6) is 0.261. The van der Waals surface area contributed by atoms with Gasteiger partial charge in [-0.25, -0.2) is 4.98 Å². The molecule has 0 radical (unpaired) electrons.